The summed E-state index contributed by atoms with van der Waals surface area (Å²) < 4.78 is 8.00. The van der Waals surface area contributed by atoms with Gasteiger partial charge in [0, 0.05) is 30.5 Å². The molecule has 1 fully saturated rings. The summed E-state index contributed by atoms with van der Waals surface area (Å²) in [7, 11) is 4.07. The van der Waals surface area contributed by atoms with E-state index >= 15 is 0 Å². The van der Waals surface area contributed by atoms with Crippen LogP contribution in [0.1, 0.15) is 67.9 Å². The van der Waals surface area contributed by atoms with Gasteiger partial charge in [-0.15, -0.1) is 0 Å². The monoisotopic (exact) mass is 540 g/mol. The minimum atomic E-state index is -0.194. The summed E-state index contributed by atoms with van der Waals surface area (Å²) in [5.41, 5.74) is 7.30. The van der Waals surface area contributed by atoms with Crippen molar-refractivity contribution in [3.05, 3.63) is 76.5 Å². The molecule has 1 heterocycles. The number of carbonyl (C=O) groups excluding carboxylic acids is 2. The van der Waals surface area contributed by atoms with Crippen molar-refractivity contribution in [2.75, 3.05) is 33.8 Å². The van der Waals surface area contributed by atoms with Crippen molar-refractivity contribution >= 4 is 22.6 Å². The number of hydrogen-bond acceptors (Lipinski definition) is 5. The van der Waals surface area contributed by atoms with Crippen LogP contribution in [0.5, 0.6) is 0 Å². The molecule has 1 N–H and O–H groups in total. The number of amides is 1. The Balaban J connectivity index is 1.47. The van der Waals surface area contributed by atoms with Crippen molar-refractivity contribution in [3.8, 4) is 11.1 Å². The lowest BCUT2D eigenvalue weighted by Crippen LogP contribution is -2.29. The Morgan fingerprint density at radius 2 is 1.93 bits per heavy atom. The lowest BCUT2D eigenvalue weighted by atomic mass is 9.92. The summed E-state index contributed by atoms with van der Waals surface area (Å²) in [6, 6.07) is 12.8. The van der Waals surface area contributed by atoms with E-state index in [0.29, 0.717) is 36.8 Å². The fourth-order valence-electron chi connectivity index (χ4n) is 5.81. The smallest absolute Gasteiger partial charge is 0.252 e. The van der Waals surface area contributed by atoms with Crippen LogP contribution in [0.3, 0.4) is 0 Å². The van der Waals surface area contributed by atoms with Crippen LogP contribution in [0, 0.1) is 0 Å². The number of allylic oxidation sites excluding steroid dienone is 3. The zero-order chi connectivity index (χ0) is 28.2. The molecule has 7 heteroatoms. The topological polar surface area (TPSA) is 76.5 Å². The van der Waals surface area contributed by atoms with Crippen molar-refractivity contribution in [2.24, 2.45) is 0 Å². The van der Waals surface area contributed by atoms with E-state index in [-0.39, 0.29) is 18.2 Å². The SMILES string of the molecule is CC1=CC(C)=C(CNC(=O)c2cc(-c3cccc(COCCN(C)C)c3)cc3c2cnn3C2CCCC2)C(=O)C1. The Morgan fingerprint density at radius 3 is 2.67 bits per heavy atom. The molecule has 0 aliphatic heterocycles. The second kappa shape index (κ2) is 12.3. The van der Waals surface area contributed by atoms with Gasteiger partial charge < -0.3 is 15.0 Å². The molecule has 1 saturated carbocycles. The van der Waals surface area contributed by atoms with E-state index in [1.54, 1.807) is 0 Å². The molecule has 7 nitrogen and oxygen atoms in total. The molecule has 0 radical (unpaired) electrons. The van der Waals surface area contributed by atoms with Gasteiger partial charge in [-0.3, -0.25) is 14.3 Å². The predicted octanol–water partition coefficient (Wildman–Crippen LogP) is 5.86. The van der Waals surface area contributed by atoms with Crippen LogP contribution in [0.15, 0.2) is 65.4 Å². The van der Waals surface area contributed by atoms with Gasteiger partial charge in [0.25, 0.3) is 5.91 Å². The maximum Gasteiger partial charge on any atom is 0.252 e. The number of fused-ring (bicyclic) bond motifs is 1. The predicted molar refractivity (Wildman–Crippen MR) is 159 cm³/mol. The van der Waals surface area contributed by atoms with Crippen LogP contribution in [0.4, 0.5) is 0 Å². The van der Waals surface area contributed by atoms with Crippen LogP contribution in [0.2, 0.25) is 0 Å². The number of aromatic nitrogens is 2. The zero-order valence-corrected chi connectivity index (χ0v) is 24.1. The first-order valence-corrected chi connectivity index (χ1v) is 14.3. The second-order valence-corrected chi connectivity index (χ2v) is 11.5. The Kier molecular flexibility index (Phi) is 8.62. The van der Waals surface area contributed by atoms with Gasteiger partial charge in [0.2, 0.25) is 0 Å². The van der Waals surface area contributed by atoms with Gasteiger partial charge in [-0.25, -0.2) is 0 Å². The molecular formula is C33H40N4O3. The minimum absolute atomic E-state index is 0.0790. The Bertz CT molecular complexity index is 1470. The maximum absolute atomic E-state index is 13.7. The first-order chi connectivity index (χ1) is 19.3. The molecule has 0 bridgehead atoms. The number of nitrogens with one attached hydrogen (secondary N) is 1. The Labute approximate surface area is 236 Å². The summed E-state index contributed by atoms with van der Waals surface area (Å²) in [5, 5.41) is 8.64. The highest BCUT2D eigenvalue weighted by molar-refractivity contribution is 6.08. The number of nitrogens with zero attached hydrogens (tertiary/aromatic N) is 3. The number of ether oxygens (including phenoxy) is 1. The van der Waals surface area contributed by atoms with Gasteiger partial charge in [0.15, 0.2) is 5.78 Å². The quantitative estimate of drug-likeness (QED) is 0.326. The second-order valence-electron chi connectivity index (χ2n) is 11.5. The summed E-state index contributed by atoms with van der Waals surface area (Å²) >= 11 is 0. The fourth-order valence-corrected chi connectivity index (χ4v) is 5.81. The highest BCUT2D eigenvalue weighted by Crippen LogP contribution is 2.35. The molecular weight excluding hydrogens is 500 g/mol. The molecule has 3 aromatic rings. The van der Waals surface area contributed by atoms with Gasteiger partial charge >= 0.3 is 0 Å². The minimum Gasteiger partial charge on any atom is -0.375 e. The average Bonchev–Trinajstić information content (AvgIpc) is 3.60. The molecule has 2 aliphatic carbocycles. The molecule has 210 valence electrons. The average molecular weight is 541 g/mol. The molecule has 0 saturated heterocycles. The molecule has 1 amide bonds. The van der Waals surface area contributed by atoms with E-state index < -0.39 is 0 Å². The van der Waals surface area contributed by atoms with Crippen LogP contribution in [-0.4, -0.2) is 60.2 Å². The fraction of sp³-hybridized carbons (Fsp3) is 0.424. The van der Waals surface area contributed by atoms with Crippen LogP contribution < -0.4 is 5.32 Å². The van der Waals surface area contributed by atoms with Gasteiger partial charge in [0.05, 0.1) is 36.5 Å². The normalized spacial score (nSPS) is 16.3. The van der Waals surface area contributed by atoms with Crippen LogP contribution in [-0.2, 0) is 16.1 Å². The number of Topliss-reactive ketones (excluding diaryl/α,β-unsaturated/α-hetero) is 1. The molecule has 2 aromatic carbocycles. The largest absolute Gasteiger partial charge is 0.375 e. The van der Waals surface area contributed by atoms with E-state index in [9.17, 15) is 9.59 Å². The van der Waals surface area contributed by atoms with Crippen molar-refractivity contribution in [1.29, 1.82) is 0 Å². The van der Waals surface area contributed by atoms with Crippen LogP contribution >= 0.6 is 0 Å². The maximum atomic E-state index is 13.7. The Hall–Kier alpha value is -3.55. The number of likely N-dealkylation sites (N-methyl/N-ethyl adjacent to an activating group) is 1. The zero-order valence-electron chi connectivity index (χ0n) is 24.1. The molecule has 2 aliphatic rings. The van der Waals surface area contributed by atoms with Gasteiger partial charge in [0.1, 0.15) is 0 Å². The van der Waals surface area contributed by atoms with E-state index in [4.69, 9.17) is 9.84 Å². The van der Waals surface area contributed by atoms with E-state index in [2.05, 4.69) is 39.2 Å². The molecule has 5 rings (SSSR count). The van der Waals surface area contributed by atoms with E-state index in [1.807, 2.05) is 52.3 Å². The van der Waals surface area contributed by atoms with Gasteiger partial charge in [-0.2, -0.15) is 5.10 Å². The first-order valence-electron chi connectivity index (χ1n) is 14.3. The number of rotatable bonds is 10. The molecule has 0 unspecified atom stereocenters. The lowest BCUT2D eigenvalue weighted by molar-refractivity contribution is -0.115. The summed E-state index contributed by atoms with van der Waals surface area (Å²) in [5.74, 6) is -0.115. The third-order valence-electron chi connectivity index (χ3n) is 7.98. The summed E-state index contributed by atoms with van der Waals surface area (Å²) in [4.78, 5) is 28.4. The number of benzene rings is 2. The van der Waals surface area contributed by atoms with Gasteiger partial charge in [-0.05, 0) is 81.2 Å². The van der Waals surface area contributed by atoms with E-state index in [0.717, 1.165) is 58.1 Å². The third kappa shape index (κ3) is 6.26. The van der Waals surface area contributed by atoms with Gasteiger partial charge in [-0.1, -0.05) is 42.7 Å². The first kappa shape index (κ1) is 28.0. The van der Waals surface area contributed by atoms with Crippen molar-refractivity contribution in [2.45, 2.75) is 58.6 Å². The number of carbonyl (C=O) groups is 2. The standard InChI is InChI=1S/C33H40N4O3/c1-22-14-23(2)29(32(38)15-22)19-34-33(39)28-17-26(18-31-30(28)20-35-37(31)27-10-5-6-11-27)25-9-7-8-24(16-25)21-40-13-12-36(3)4/h7-9,14,16-18,20,27H,5-6,10-13,15,19,21H2,1-4H3,(H,34,39). The van der Waals surface area contributed by atoms with Crippen LogP contribution in [0.25, 0.3) is 22.0 Å². The summed E-state index contributed by atoms with van der Waals surface area (Å²) in [6.07, 6.45) is 8.87. The molecule has 1 aromatic heterocycles. The number of ketones is 1. The van der Waals surface area contributed by atoms with Crippen molar-refractivity contribution in [3.63, 3.8) is 0 Å². The highest BCUT2D eigenvalue weighted by Gasteiger charge is 2.24. The third-order valence-corrected chi connectivity index (χ3v) is 7.98. The van der Waals surface area contributed by atoms with Crippen molar-refractivity contribution < 1.29 is 14.3 Å². The molecule has 40 heavy (non-hydrogen) atoms. The molecule has 0 atom stereocenters. The van der Waals surface area contributed by atoms with E-state index in [1.165, 1.54) is 12.8 Å². The Morgan fingerprint density at radius 1 is 1.12 bits per heavy atom. The molecule has 0 spiro atoms. The number of hydrogen-bond donors (Lipinski definition) is 1. The summed E-state index contributed by atoms with van der Waals surface area (Å²) in [6.45, 7) is 6.19. The highest BCUT2D eigenvalue weighted by atomic mass is 16.5. The van der Waals surface area contributed by atoms with Crippen molar-refractivity contribution in [1.82, 2.24) is 20.0 Å². The lowest BCUT2D eigenvalue weighted by Gasteiger charge is -2.17.